The van der Waals surface area contributed by atoms with Crippen LogP contribution in [0.4, 0.5) is 0 Å². The molecular weight excluding hydrogens is 544 g/mol. The lowest BCUT2D eigenvalue weighted by atomic mass is 9.71. The molecule has 0 aromatic carbocycles. The van der Waals surface area contributed by atoms with Gasteiger partial charge in [-0.3, -0.25) is 14.4 Å². The Morgan fingerprint density at radius 1 is 1.19 bits per heavy atom. The number of fused-ring (bicyclic) bond motifs is 1. The molecule has 6 atom stereocenters. The summed E-state index contributed by atoms with van der Waals surface area (Å²) in [4.78, 5) is 45.4. The molecule has 1 saturated carbocycles. The quantitative estimate of drug-likeness (QED) is 0.163. The molecule has 3 saturated heterocycles. The van der Waals surface area contributed by atoms with E-state index in [1.165, 1.54) is 12.5 Å². The number of aliphatic hydroxyl groups excluding tert-OH is 1. The van der Waals surface area contributed by atoms with Gasteiger partial charge >= 0.3 is 5.97 Å². The predicted molar refractivity (Wildman–Crippen MR) is 145 cm³/mol. The summed E-state index contributed by atoms with van der Waals surface area (Å²) in [7, 11) is 0. The largest absolute Gasteiger partial charge is 0.461 e. The van der Waals surface area contributed by atoms with Crippen molar-refractivity contribution in [3.63, 3.8) is 0 Å². The Morgan fingerprint density at radius 2 is 1.94 bits per heavy atom. The van der Waals surface area contributed by atoms with Crippen LogP contribution in [0.25, 0.3) is 0 Å². The van der Waals surface area contributed by atoms with E-state index in [4.69, 9.17) is 4.74 Å². The normalized spacial score (nSPS) is 33.4. The average Bonchev–Trinajstić information content (AvgIpc) is 3.47. The molecule has 3 heterocycles. The van der Waals surface area contributed by atoms with Crippen molar-refractivity contribution in [1.29, 1.82) is 0 Å². The van der Waals surface area contributed by atoms with Crippen LogP contribution in [-0.2, 0) is 19.1 Å². The summed E-state index contributed by atoms with van der Waals surface area (Å²) < 4.78 is 4.80. The summed E-state index contributed by atoms with van der Waals surface area (Å²) in [5, 5.41) is 9.11. The number of ether oxygens (including phenoxy) is 1. The number of alkyl halides is 1. The number of unbranched alkanes of at least 4 members (excludes halogenated alkanes) is 2. The van der Waals surface area contributed by atoms with E-state index < -0.39 is 22.6 Å². The lowest BCUT2D eigenvalue weighted by Crippen LogP contribution is -2.57. The summed E-state index contributed by atoms with van der Waals surface area (Å²) in [6, 6.07) is -0.457. The Morgan fingerprint density at radius 3 is 2.61 bits per heavy atom. The third-order valence-electron chi connectivity index (χ3n) is 8.32. The molecule has 2 amide bonds. The smallest absolute Gasteiger partial charge is 0.311 e. The third-order valence-corrected chi connectivity index (χ3v) is 11.5. The Kier molecular flexibility index (Phi) is 9.26. The number of carbonyl (C=O) groups is 3. The molecular formula is C27H39BrN2O5S. The minimum absolute atomic E-state index is 0.00670. The molecule has 3 aliphatic heterocycles. The maximum atomic E-state index is 14.4. The van der Waals surface area contributed by atoms with Gasteiger partial charge < -0.3 is 19.6 Å². The van der Waals surface area contributed by atoms with Crippen molar-refractivity contribution < 1.29 is 24.2 Å². The van der Waals surface area contributed by atoms with Crippen LogP contribution in [0.1, 0.15) is 57.8 Å². The number of halogens is 1. The van der Waals surface area contributed by atoms with Crippen LogP contribution in [0.5, 0.6) is 0 Å². The number of aliphatic hydroxyl groups is 1. The highest BCUT2D eigenvalue weighted by molar-refractivity contribution is 9.09. The average molecular weight is 584 g/mol. The summed E-state index contributed by atoms with van der Waals surface area (Å²) in [6.45, 7) is 8.68. The fraction of sp³-hybridized carbons (Fsp3) is 0.741. The number of carbonyl (C=O) groups excluding carboxylic acids is 3. The molecule has 1 aliphatic carbocycles. The van der Waals surface area contributed by atoms with Crippen LogP contribution in [0.2, 0.25) is 0 Å². The number of thioether (sulfide) groups is 1. The first-order valence-electron chi connectivity index (χ1n) is 13.3. The Hall–Kier alpha value is -1.32. The molecule has 0 radical (unpaired) electrons. The van der Waals surface area contributed by atoms with Crippen LogP contribution in [0.3, 0.4) is 0 Å². The van der Waals surface area contributed by atoms with E-state index in [1.54, 1.807) is 22.7 Å². The first kappa shape index (κ1) is 27.7. The van der Waals surface area contributed by atoms with Gasteiger partial charge in [-0.2, -0.15) is 0 Å². The number of nitrogens with zero attached hydrogens (tertiary/aromatic N) is 2. The Balaban J connectivity index is 1.69. The van der Waals surface area contributed by atoms with E-state index in [2.05, 4.69) is 29.1 Å². The monoisotopic (exact) mass is 582 g/mol. The Labute approximate surface area is 227 Å². The molecule has 1 spiro atoms. The first-order valence-corrected chi connectivity index (χ1v) is 15.1. The van der Waals surface area contributed by atoms with Crippen molar-refractivity contribution in [3.8, 4) is 0 Å². The molecule has 2 bridgehead atoms. The van der Waals surface area contributed by atoms with Gasteiger partial charge in [0.05, 0.1) is 16.6 Å². The van der Waals surface area contributed by atoms with Gasteiger partial charge in [0.25, 0.3) is 0 Å². The highest BCUT2D eigenvalue weighted by atomic mass is 79.9. The number of amides is 2. The van der Waals surface area contributed by atoms with E-state index in [0.717, 1.165) is 32.1 Å². The minimum Gasteiger partial charge on any atom is -0.461 e. The molecule has 0 aromatic heterocycles. The van der Waals surface area contributed by atoms with Gasteiger partial charge in [0.15, 0.2) is 0 Å². The topological polar surface area (TPSA) is 87.1 Å². The van der Waals surface area contributed by atoms with Crippen LogP contribution >= 0.6 is 27.7 Å². The maximum absolute atomic E-state index is 14.4. The molecule has 4 rings (SSSR count). The van der Waals surface area contributed by atoms with Crippen molar-refractivity contribution in [2.45, 2.75) is 84.7 Å². The molecule has 36 heavy (non-hydrogen) atoms. The van der Waals surface area contributed by atoms with Gasteiger partial charge in [0.2, 0.25) is 11.8 Å². The van der Waals surface area contributed by atoms with Gasteiger partial charge in [-0.25, -0.2) is 0 Å². The third kappa shape index (κ3) is 4.92. The molecule has 200 valence electrons. The van der Waals surface area contributed by atoms with Crippen molar-refractivity contribution in [2.75, 3.05) is 26.3 Å². The van der Waals surface area contributed by atoms with E-state index in [-0.39, 0.29) is 47.1 Å². The van der Waals surface area contributed by atoms with Gasteiger partial charge in [-0.1, -0.05) is 53.9 Å². The highest BCUT2D eigenvalue weighted by Crippen LogP contribution is 2.68. The summed E-state index contributed by atoms with van der Waals surface area (Å²) in [5.41, 5.74) is 0. The molecule has 4 fully saturated rings. The van der Waals surface area contributed by atoms with Crippen LogP contribution in [0, 0.1) is 11.8 Å². The van der Waals surface area contributed by atoms with Crippen molar-refractivity contribution >= 4 is 45.5 Å². The number of esters is 1. The standard InChI is InChI=1S/C27H39BrN2O5S/c1-3-13-29(18-11-7-5-8-12-18)25(33)23-27-17-19(28)22(36-27)20(26(34)35-16-4-2)21(27)24(32)30(23)14-9-6-10-15-31/h3-4,18-23,31H,1-2,5-17H2/t19?,20-,21-,22-,23?,27?/m0/s1. The molecule has 7 nitrogen and oxygen atoms in total. The second-order valence-corrected chi connectivity index (χ2v) is 13.2. The highest BCUT2D eigenvalue weighted by Gasteiger charge is 2.76. The molecule has 1 N–H and O–H groups in total. The second-order valence-electron chi connectivity index (χ2n) is 10.5. The van der Waals surface area contributed by atoms with E-state index in [1.807, 2.05) is 4.90 Å². The summed E-state index contributed by atoms with van der Waals surface area (Å²) in [6.07, 6.45) is 11.5. The fourth-order valence-corrected chi connectivity index (χ4v) is 10.4. The number of likely N-dealkylation sites (tertiary alicyclic amines) is 1. The van der Waals surface area contributed by atoms with E-state index in [9.17, 15) is 19.5 Å². The minimum atomic E-state index is -0.657. The first-order chi connectivity index (χ1) is 17.4. The predicted octanol–water partition coefficient (Wildman–Crippen LogP) is 3.69. The zero-order chi connectivity index (χ0) is 25.9. The molecule has 9 heteroatoms. The fourth-order valence-electron chi connectivity index (χ4n) is 6.83. The van der Waals surface area contributed by atoms with E-state index in [0.29, 0.717) is 32.4 Å². The van der Waals surface area contributed by atoms with Crippen LogP contribution < -0.4 is 0 Å². The van der Waals surface area contributed by atoms with Crippen molar-refractivity contribution in [1.82, 2.24) is 9.80 Å². The van der Waals surface area contributed by atoms with Gasteiger partial charge in [0, 0.05) is 35.8 Å². The zero-order valence-corrected chi connectivity index (χ0v) is 23.4. The maximum Gasteiger partial charge on any atom is 0.311 e. The number of hydrogen-bond donors (Lipinski definition) is 1. The molecule has 4 aliphatic rings. The number of hydrogen-bond acceptors (Lipinski definition) is 6. The lowest BCUT2D eigenvalue weighted by Gasteiger charge is -2.41. The second kappa shape index (κ2) is 12.0. The van der Waals surface area contributed by atoms with Gasteiger partial charge in [-0.05, 0) is 38.5 Å². The Bertz CT molecular complexity index is 865. The molecule has 0 aromatic rings. The zero-order valence-electron chi connectivity index (χ0n) is 21.0. The number of rotatable bonds is 12. The summed E-state index contributed by atoms with van der Waals surface area (Å²) >= 11 is 5.44. The van der Waals surface area contributed by atoms with Crippen molar-refractivity contribution in [2.24, 2.45) is 11.8 Å². The summed E-state index contributed by atoms with van der Waals surface area (Å²) in [5.74, 6) is -1.63. The molecule has 3 unspecified atom stereocenters. The lowest BCUT2D eigenvalue weighted by molar-refractivity contribution is -0.153. The van der Waals surface area contributed by atoms with Crippen molar-refractivity contribution in [3.05, 3.63) is 25.3 Å². The van der Waals surface area contributed by atoms with Crippen LogP contribution in [0.15, 0.2) is 25.3 Å². The van der Waals surface area contributed by atoms with Gasteiger partial charge in [0.1, 0.15) is 12.6 Å². The van der Waals surface area contributed by atoms with E-state index >= 15 is 0 Å². The SMILES string of the molecule is C=CCOC(=O)[C@H]1[C@H]2C(=O)N(CCCCCO)C(C(=O)N(CC=C)C3CCCCC3)C23CC(Br)[C@@H]1S3. The van der Waals surface area contributed by atoms with Crippen LogP contribution in [-0.4, -0.2) is 85.9 Å². The van der Waals surface area contributed by atoms with Gasteiger partial charge in [-0.15, -0.1) is 18.3 Å².